The quantitative estimate of drug-likeness (QED) is 0.704. The minimum atomic E-state index is -3.06. The molecule has 27 heavy (non-hydrogen) atoms. The Morgan fingerprint density at radius 3 is 2.74 bits per heavy atom. The molecule has 1 saturated heterocycles. The molecule has 8 nitrogen and oxygen atoms in total. The van der Waals surface area contributed by atoms with E-state index < -0.39 is 15.7 Å². The van der Waals surface area contributed by atoms with Crippen LogP contribution >= 0.6 is 0 Å². The van der Waals surface area contributed by atoms with Crippen LogP contribution in [-0.2, 0) is 9.84 Å². The van der Waals surface area contributed by atoms with Gasteiger partial charge >= 0.3 is 0 Å². The zero-order valence-corrected chi connectivity index (χ0v) is 15.1. The predicted molar refractivity (Wildman–Crippen MR) is 102 cm³/mol. The lowest BCUT2D eigenvalue weighted by molar-refractivity contribution is 0.0936. The normalized spacial score (nSPS) is 18.3. The van der Waals surface area contributed by atoms with Crippen LogP contribution in [0.25, 0.3) is 10.9 Å². The molecule has 0 bridgehead atoms. The highest BCUT2D eigenvalue weighted by molar-refractivity contribution is 7.91. The molecule has 3 heterocycles. The van der Waals surface area contributed by atoms with Crippen LogP contribution in [0.2, 0.25) is 0 Å². The number of amides is 1. The Morgan fingerprint density at radius 1 is 1.07 bits per heavy atom. The van der Waals surface area contributed by atoms with Crippen molar-refractivity contribution in [3.63, 3.8) is 0 Å². The number of hydrogen-bond acceptors (Lipinski definition) is 7. The van der Waals surface area contributed by atoms with Crippen LogP contribution in [0.1, 0.15) is 16.9 Å². The Hall–Kier alpha value is -3.07. The first-order valence-corrected chi connectivity index (χ1v) is 10.3. The minimum Gasteiger partial charge on any atom is -0.347 e. The molecule has 4 rings (SSSR count). The number of nitrogens with one attached hydrogen (secondary N) is 2. The molecule has 1 amide bonds. The van der Waals surface area contributed by atoms with Gasteiger partial charge in [0.2, 0.25) is 5.95 Å². The zero-order valence-electron chi connectivity index (χ0n) is 14.3. The molecule has 1 atom stereocenters. The first-order chi connectivity index (χ1) is 13.0. The topological polar surface area (TPSA) is 114 Å². The molecule has 0 radical (unpaired) electrons. The van der Waals surface area contributed by atoms with Gasteiger partial charge in [-0.2, -0.15) is 0 Å². The van der Waals surface area contributed by atoms with Gasteiger partial charge in [0.1, 0.15) is 5.69 Å². The summed E-state index contributed by atoms with van der Waals surface area (Å²) in [5.41, 5.74) is 1.67. The van der Waals surface area contributed by atoms with Gasteiger partial charge in [0.15, 0.2) is 9.84 Å². The van der Waals surface area contributed by atoms with E-state index in [0.29, 0.717) is 6.42 Å². The lowest BCUT2D eigenvalue weighted by atomic mass is 10.2. The molecule has 2 aromatic heterocycles. The highest BCUT2D eigenvalue weighted by atomic mass is 32.2. The van der Waals surface area contributed by atoms with Gasteiger partial charge < -0.3 is 10.6 Å². The largest absolute Gasteiger partial charge is 0.347 e. The molecule has 138 valence electrons. The number of fused-ring (bicyclic) bond motifs is 1. The maximum Gasteiger partial charge on any atom is 0.270 e. The van der Waals surface area contributed by atoms with Crippen molar-refractivity contribution in [3.05, 3.63) is 54.5 Å². The van der Waals surface area contributed by atoms with E-state index in [4.69, 9.17) is 0 Å². The summed E-state index contributed by atoms with van der Waals surface area (Å²) in [6.45, 7) is 0. The van der Waals surface area contributed by atoms with Crippen LogP contribution in [0.4, 0.5) is 11.6 Å². The van der Waals surface area contributed by atoms with Crippen molar-refractivity contribution in [2.24, 2.45) is 0 Å². The maximum atomic E-state index is 12.4. The van der Waals surface area contributed by atoms with Gasteiger partial charge in [0, 0.05) is 23.8 Å². The summed E-state index contributed by atoms with van der Waals surface area (Å²) in [5, 5.41) is 6.78. The van der Waals surface area contributed by atoms with Crippen LogP contribution in [0.5, 0.6) is 0 Å². The van der Waals surface area contributed by atoms with E-state index in [1.54, 1.807) is 6.20 Å². The number of para-hydroxylation sites is 1. The van der Waals surface area contributed by atoms with Crippen LogP contribution in [0.15, 0.2) is 48.8 Å². The van der Waals surface area contributed by atoms with Gasteiger partial charge in [-0.05, 0) is 24.6 Å². The minimum absolute atomic E-state index is 0.0311. The van der Waals surface area contributed by atoms with Crippen molar-refractivity contribution in [3.8, 4) is 0 Å². The van der Waals surface area contributed by atoms with Crippen molar-refractivity contribution in [2.75, 3.05) is 16.8 Å². The number of pyridine rings is 1. The molecule has 3 aromatic rings. The second-order valence-corrected chi connectivity index (χ2v) is 8.57. The van der Waals surface area contributed by atoms with E-state index in [9.17, 15) is 13.2 Å². The number of aromatic nitrogens is 3. The van der Waals surface area contributed by atoms with E-state index >= 15 is 0 Å². The number of anilines is 2. The Kier molecular flexibility index (Phi) is 4.44. The number of sulfone groups is 1. The molecule has 0 spiro atoms. The molecule has 1 unspecified atom stereocenters. The number of rotatable bonds is 4. The highest BCUT2D eigenvalue weighted by Gasteiger charge is 2.29. The first kappa shape index (κ1) is 17.3. The third kappa shape index (κ3) is 3.87. The number of carbonyl (C=O) groups is 1. The fourth-order valence-corrected chi connectivity index (χ4v) is 4.71. The molecule has 1 aliphatic rings. The molecular weight excluding hydrogens is 366 g/mol. The Morgan fingerprint density at radius 2 is 1.93 bits per heavy atom. The average Bonchev–Trinajstić information content (AvgIpc) is 3.00. The van der Waals surface area contributed by atoms with E-state index in [1.165, 1.54) is 12.3 Å². The van der Waals surface area contributed by atoms with Crippen LogP contribution in [0, 0.1) is 0 Å². The van der Waals surface area contributed by atoms with E-state index in [-0.39, 0.29) is 29.2 Å². The summed E-state index contributed by atoms with van der Waals surface area (Å²) in [7, 11) is -3.06. The van der Waals surface area contributed by atoms with Crippen LogP contribution in [0.3, 0.4) is 0 Å². The summed E-state index contributed by atoms with van der Waals surface area (Å²) in [4.78, 5) is 25.1. The van der Waals surface area contributed by atoms with Crippen molar-refractivity contribution < 1.29 is 13.2 Å². The molecule has 1 aliphatic heterocycles. The molecular formula is C18H17N5O3S. The number of nitrogens with zero attached hydrogens (tertiary/aromatic N) is 3. The third-order valence-corrected chi connectivity index (χ3v) is 6.10. The smallest absolute Gasteiger partial charge is 0.270 e. The second kappa shape index (κ2) is 6.92. The van der Waals surface area contributed by atoms with E-state index in [2.05, 4.69) is 25.6 Å². The summed E-state index contributed by atoms with van der Waals surface area (Å²) in [6, 6.07) is 10.6. The summed E-state index contributed by atoms with van der Waals surface area (Å²) < 4.78 is 23.1. The Balaban J connectivity index is 1.53. The monoisotopic (exact) mass is 383 g/mol. The fraction of sp³-hybridized carbons (Fsp3) is 0.222. The van der Waals surface area contributed by atoms with Crippen molar-refractivity contribution in [1.82, 2.24) is 20.3 Å². The number of hydrogen-bond donors (Lipinski definition) is 2. The second-order valence-electron chi connectivity index (χ2n) is 6.34. The molecule has 1 aromatic carbocycles. The van der Waals surface area contributed by atoms with Crippen LogP contribution < -0.4 is 10.6 Å². The fourth-order valence-electron chi connectivity index (χ4n) is 3.04. The molecule has 0 aliphatic carbocycles. The van der Waals surface area contributed by atoms with Crippen LogP contribution in [-0.4, -0.2) is 46.8 Å². The summed E-state index contributed by atoms with van der Waals surface area (Å²) >= 11 is 0. The summed E-state index contributed by atoms with van der Waals surface area (Å²) in [6.07, 6.45) is 3.61. The van der Waals surface area contributed by atoms with Crippen molar-refractivity contribution >= 4 is 38.3 Å². The molecule has 9 heteroatoms. The SMILES string of the molecule is O=C(NC1CCS(=O)(=O)C1)c1ccnc(Nc2cccc3cccnc23)n1. The van der Waals surface area contributed by atoms with Gasteiger partial charge in [-0.25, -0.2) is 18.4 Å². The summed E-state index contributed by atoms with van der Waals surface area (Å²) in [5.74, 6) is -0.0856. The van der Waals surface area contributed by atoms with Gasteiger partial charge in [-0.3, -0.25) is 9.78 Å². The number of benzene rings is 1. The van der Waals surface area contributed by atoms with E-state index in [1.807, 2.05) is 30.3 Å². The lowest BCUT2D eigenvalue weighted by Gasteiger charge is -2.11. The predicted octanol–water partition coefficient (Wildman–Crippen LogP) is 1.69. The van der Waals surface area contributed by atoms with Crippen molar-refractivity contribution in [2.45, 2.75) is 12.5 Å². The van der Waals surface area contributed by atoms with Gasteiger partial charge in [0.05, 0.1) is 22.7 Å². The number of carbonyl (C=O) groups excluding carboxylic acids is 1. The lowest BCUT2D eigenvalue weighted by Crippen LogP contribution is -2.36. The van der Waals surface area contributed by atoms with Gasteiger partial charge in [-0.15, -0.1) is 0 Å². The average molecular weight is 383 g/mol. The Labute approximate surface area is 156 Å². The van der Waals surface area contributed by atoms with Crippen molar-refractivity contribution in [1.29, 1.82) is 0 Å². The van der Waals surface area contributed by atoms with Gasteiger partial charge in [0.25, 0.3) is 5.91 Å². The third-order valence-electron chi connectivity index (χ3n) is 4.34. The Bertz CT molecular complexity index is 1110. The molecule has 0 saturated carbocycles. The maximum absolute atomic E-state index is 12.4. The zero-order chi connectivity index (χ0) is 18.9. The van der Waals surface area contributed by atoms with Gasteiger partial charge in [-0.1, -0.05) is 18.2 Å². The first-order valence-electron chi connectivity index (χ1n) is 8.45. The molecule has 1 fully saturated rings. The van der Waals surface area contributed by atoms with E-state index in [0.717, 1.165) is 16.6 Å². The molecule has 2 N–H and O–H groups in total. The highest BCUT2D eigenvalue weighted by Crippen LogP contribution is 2.23. The standard InChI is InChI=1S/C18H17N5O3S/c24-17(21-13-7-10-27(25,26)11-13)15-6-9-20-18(23-15)22-14-5-1-3-12-4-2-8-19-16(12)14/h1-6,8-9,13H,7,10-11H2,(H,21,24)(H,20,22,23).